The minimum Gasteiger partial charge on any atom is -0.450 e. The van der Waals surface area contributed by atoms with E-state index in [1.807, 2.05) is 75.4 Å². The van der Waals surface area contributed by atoms with Gasteiger partial charge in [0.2, 0.25) is 5.76 Å². The van der Waals surface area contributed by atoms with Crippen LogP contribution in [0.25, 0.3) is 11.0 Å². The number of rotatable bonds is 2. The van der Waals surface area contributed by atoms with Crippen LogP contribution in [-0.2, 0) is 0 Å². The number of aromatic nitrogens is 1. The van der Waals surface area contributed by atoms with Gasteiger partial charge >= 0.3 is 0 Å². The summed E-state index contributed by atoms with van der Waals surface area (Å²) in [6.45, 7) is 5.79. The molecule has 5 rings (SSSR count). The lowest BCUT2D eigenvalue weighted by Gasteiger charge is -2.24. The number of aryl methyl sites for hydroxylation is 3. The number of pyridine rings is 1. The predicted molar refractivity (Wildman–Crippen MR) is 116 cm³/mol. The molecule has 2 aromatic heterocycles. The Morgan fingerprint density at radius 1 is 0.900 bits per heavy atom. The van der Waals surface area contributed by atoms with Crippen LogP contribution >= 0.6 is 0 Å². The number of hydrogen-bond donors (Lipinski definition) is 0. The van der Waals surface area contributed by atoms with Crippen LogP contribution in [0.3, 0.4) is 0 Å². The van der Waals surface area contributed by atoms with E-state index in [0.29, 0.717) is 22.4 Å². The third-order valence-corrected chi connectivity index (χ3v) is 5.72. The molecule has 0 saturated carbocycles. The van der Waals surface area contributed by atoms with Gasteiger partial charge in [-0.05, 0) is 61.7 Å². The van der Waals surface area contributed by atoms with Gasteiger partial charge in [0.25, 0.3) is 5.91 Å². The Labute approximate surface area is 173 Å². The topological polar surface area (TPSA) is 63.4 Å². The molecule has 0 saturated heterocycles. The highest BCUT2D eigenvalue weighted by Crippen LogP contribution is 2.40. The zero-order valence-electron chi connectivity index (χ0n) is 17.0. The SMILES string of the molecule is Cc1cccc(N2C(=O)c3oc4cc(C)c(C)cc4c(=O)c3[C@H]2c2ccccc2)n1. The summed E-state index contributed by atoms with van der Waals surface area (Å²) >= 11 is 0. The zero-order chi connectivity index (χ0) is 21.0. The molecule has 148 valence electrons. The predicted octanol–water partition coefficient (Wildman–Crippen LogP) is 4.86. The van der Waals surface area contributed by atoms with Crippen molar-refractivity contribution in [1.82, 2.24) is 4.98 Å². The molecule has 5 heteroatoms. The average Bonchev–Trinajstić information content (AvgIpc) is 3.03. The van der Waals surface area contributed by atoms with Crippen LogP contribution in [0.4, 0.5) is 5.82 Å². The van der Waals surface area contributed by atoms with E-state index in [1.54, 1.807) is 11.0 Å². The molecule has 1 atom stereocenters. The van der Waals surface area contributed by atoms with Gasteiger partial charge in [-0.15, -0.1) is 0 Å². The van der Waals surface area contributed by atoms with Gasteiger partial charge in [-0.2, -0.15) is 0 Å². The molecule has 1 aliphatic heterocycles. The van der Waals surface area contributed by atoms with Gasteiger partial charge in [0.15, 0.2) is 5.43 Å². The van der Waals surface area contributed by atoms with Gasteiger partial charge in [0.05, 0.1) is 17.0 Å². The van der Waals surface area contributed by atoms with Crippen molar-refractivity contribution in [3.8, 4) is 0 Å². The fraction of sp³-hybridized carbons (Fsp3) is 0.160. The summed E-state index contributed by atoms with van der Waals surface area (Å²) in [4.78, 5) is 33.2. The normalized spacial score (nSPS) is 15.6. The Balaban J connectivity index is 1.84. The van der Waals surface area contributed by atoms with Gasteiger partial charge in [-0.3, -0.25) is 14.5 Å². The Kier molecular flexibility index (Phi) is 4.07. The maximum Gasteiger partial charge on any atom is 0.296 e. The van der Waals surface area contributed by atoms with Crippen molar-refractivity contribution in [2.24, 2.45) is 0 Å². The van der Waals surface area contributed by atoms with E-state index in [4.69, 9.17) is 4.42 Å². The molecule has 0 aliphatic carbocycles. The second-order valence-electron chi connectivity index (χ2n) is 7.73. The smallest absolute Gasteiger partial charge is 0.296 e. The molecule has 0 spiro atoms. The number of fused-ring (bicyclic) bond motifs is 2. The summed E-state index contributed by atoms with van der Waals surface area (Å²) in [5.41, 5.74) is 4.26. The highest BCUT2D eigenvalue weighted by molar-refractivity contribution is 6.10. The monoisotopic (exact) mass is 396 g/mol. The maximum absolute atomic E-state index is 13.6. The number of amides is 1. The minimum absolute atomic E-state index is 0.0907. The van der Waals surface area contributed by atoms with E-state index in [0.717, 1.165) is 22.4 Å². The Bertz CT molecular complexity index is 1370. The molecule has 0 N–H and O–H groups in total. The Morgan fingerprint density at radius 3 is 2.37 bits per heavy atom. The van der Waals surface area contributed by atoms with Crippen LogP contribution in [0.2, 0.25) is 0 Å². The second-order valence-corrected chi connectivity index (χ2v) is 7.73. The fourth-order valence-electron chi connectivity index (χ4n) is 4.08. The lowest BCUT2D eigenvalue weighted by molar-refractivity contribution is 0.0970. The largest absolute Gasteiger partial charge is 0.450 e. The van der Waals surface area contributed by atoms with Crippen LogP contribution in [0.1, 0.15) is 44.5 Å². The quantitative estimate of drug-likeness (QED) is 0.485. The fourth-order valence-corrected chi connectivity index (χ4v) is 4.08. The number of benzene rings is 2. The molecule has 2 aromatic carbocycles. The first-order valence-electron chi connectivity index (χ1n) is 9.86. The van der Waals surface area contributed by atoms with E-state index in [1.165, 1.54) is 0 Å². The molecule has 0 unspecified atom stereocenters. The van der Waals surface area contributed by atoms with Crippen LogP contribution in [0.15, 0.2) is 69.9 Å². The molecule has 3 heterocycles. The van der Waals surface area contributed by atoms with Crippen LogP contribution < -0.4 is 10.3 Å². The van der Waals surface area contributed by atoms with Gasteiger partial charge in [-0.25, -0.2) is 4.98 Å². The summed E-state index contributed by atoms with van der Waals surface area (Å²) in [6.07, 6.45) is 0. The maximum atomic E-state index is 13.6. The molecule has 0 radical (unpaired) electrons. The van der Waals surface area contributed by atoms with Crippen molar-refractivity contribution in [3.63, 3.8) is 0 Å². The van der Waals surface area contributed by atoms with Crippen molar-refractivity contribution in [1.29, 1.82) is 0 Å². The molecule has 0 fully saturated rings. The van der Waals surface area contributed by atoms with Gasteiger partial charge in [-0.1, -0.05) is 36.4 Å². The number of anilines is 1. The molecule has 1 amide bonds. The van der Waals surface area contributed by atoms with Crippen molar-refractivity contribution in [2.45, 2.75) is 26.8 Å². The van der Waals surface area contributed by atoms with Crippen LogP contribution in [0.5, 0.6) is 0 Å². The van der Waals surface area contributed by atoms with Crippen molar-refractivity contribution in [3.05, 3.63) is 105 Å². The molecule has 0 bridgehead atoms. The second kappa shape index (κ2) is 6.66. The lowest BCUT2D eigenvalue weighted by atomic mass is 9.97. The zero-order valence-corrected chi connectivity index (χ0v) is 17.0. The first kappa shape index (κ1) is 18.3. The van der Waals surface area contributed by atoms with Gasteiger partial charge in [0.1, 0.15) is 11.4 Å². The van der Waals surface area contributed by atoms with E-state index >= 15 is 0 Å². The highest BCUT2D eigenvalue weighted by Gasteiger charge is 2.44. The summed E-state index contributed by atoms with van der Waals surface area (Å²) in [5.74, 6) is 0.234. The molecule has 1 aliphatic rings. The Hall–Kier alpha value is -3.73. The summed E-state index contributed by atoms with van der Waals surface area (Å²) < 4.78 is 6.05. The van der Waals surface area contributed by atoms with Crippen LogP contribution in [-0.4, -0.2) is 10.9 Å². The standard InChI is InChI=1S/C25H20N2O3/c1-14-12-18-19(13-15(14)2)30-24-21(23(18)28)22(17-9-5-4-6-10-17)27(25(24)29)20-11-7-8-16(3)26-20/h4-13,22H,1-3H3/t22-/m1/s1. The first-order chi connectivity index (χ1) is 14.5. The molecule has 5 nitrogen and oxygen atoms in total. The van der Waals surface area contributed by atoms with E-state index in [2.05, 4.69) is 4.98 Å². The molecular formula is C25H20N2O3. The van der Waals surface area contributed by atoms with Gasteiger partial charge < -0.3 is 4.42 Å². The van der Waals surface area contributed by atoms with E-state index in [-0.39, 0.29) is 17.1 Å². The van der Waals surface area contributed by atoms with Crippen LogP contribution in [0, 0.1) is 20.8 Å². The average molecular weight is 396 g/mol. The highest BCUT2D eigenvalue weighted by atomic mass is 16.3. The molecule has 30 heavy (non-hydrogen) atoms. The third kappa shape index (κ3) is 2.66. The van der Waals surface area contributed by atoms with E-state index in [9.17, 15) is 9.59 Å². The third-order valence-electron chi connectivity index (χ3n) is 5.72. The Morgan fingerprint density at radius 2 is 1.63 bits per heavy atom. The molecular weight excluding hydrogens is 376 g/mol. The summed E-state index contributed by atoms with van der Waals surface area (Å²) in [7, 11) is 0. The van der Waals surface area contributed by atoms with E-state index < -0.39 is 6.04 Å². The van der Waals surface area contributed by atoms with Gasteiger partial charge in [0, 0.05) is 5.69 Å². The number of hydrogen-bond acceptors (Lipinski definition) is 4. The number of carbonyl (C=O) groups excluding carboxylic acids is 1. The van der Waals surface area contributed by atoms with Crippen molar-refractivity contribution in [2.75, 3.05) is 4.90 Å². The molecule has 4 aromatic rings. The summed E-state index contributed by atoms with van der Waals surface area (Å²) in [5, 5.41) is 0.490. The first-order valence-corrected chi connectivity index (χ1v) is 9.86. The minimum atomic E-state index is -0.592. The number of nitrogens with zero attached hydrogens (tertiary/aromatic N) is 2. The van der Waals surface area contributed by atoms with Crippen molar-refractivity contribution < 1.29 is 9.21 Å². The van der Waals surface area contributed by atoms with Crippen molar-refractivity contribution >= 4 is 22.7 Å². The lowest BCUT2D eigenvalue weighted by Crippen LogP contribution is -2.30. The number of carbonyl (C=O) groups is 1. The summed E-state index contributed by atoms with van der Waals surface area (Å²) in [6, 6.07) is 18.1.